The molecule has 3 atom stereocenters. The maximum atomic E-state index is 9.91. The van der Waals surface area contributed by atoms with E-state index < -0.39 is 0 Å². The van der Waals surface area contributed by atoms with Gasteiger partial charge in [-0.3, -0.25) is 0 Å². The molecular formula is C17H34N2O2. The predicted octanol–water partition coefficient (Wildman–Crippen LogP) is 2.02. The molecule has 2 aliphatic rings. The van der Waals surface area contributed by atoms with Crippen molar-refractivity contribution in [2.75, 3.05) is 33.4 Å². The van der Waals surface area contributed by atoms with E-state index in [9.17, 15) is 5.11 Å². The lowest BCUT2D eigenvalue weighted by atomic mass is 9.78. The smallest absolute Gasteiger partial charge is 0.0613 e. The standard InChI is InChI=1S/C17H34N2O2/c1-14(2)18-17(13-20)8-4-7-16(10-17)19(3)11-15-6-5-9-21-12-15/h14-16,18,20H,4-13H2,1-3H3. The summed E-state index contributed by atoms with van der Waals surface area (Å²) in [7, 11) is 2.25. The van der Waals surface area contributed by atoms with Crippen LogP contribution in [0.3, 0.4) is 0 Å². The fraction of sp³-hybridized carbons (Fsp3) is 1.00. The van der Waals surface area contributed by atoms with Gasteiger partial charge >= 0.3 is 0 Å². The summed E-state index contributed by atoms with van der Waals surface area (Å²) in [6.07, 6.45) is 7.12. The molecule has 3 unspecified atom stereocenters. The van der Waals surface area contributed by atoms with E-state index in [0.29, 0.717) is 18.0 Å². The second-order valence-corrected chi connectivity index (χ2v) is 7.51. The number of nitrogens with zero attached hydrogens (tertiary/aromatic N) is 1. The van der Waals surface area contributed by atoms with Gasteiger partial charge in [-0.1, -0.05) is 13.8 Å². The van der Waals surface area contributed by atoms with Gasteiger partial charge in [0.25, 0.3) is 0 Å². The normalized spacial score (nSPS) is 34.6. The number of nitrogens with one attached hydrogen (secondary N) is 1. The van der Waals surface area contributed by atoms with Crippen LogP contribution in [0.15, 0.2) is 0 Å². The Labute approximate surface area is 130 Å². The van der Waals surface area contributed by atoms with Crippen LogP contribution in [-0.4, -0.2) is 61.0 Å². The van der Waals surface area contributed by atoms with Gasteiger partial charge in [0.1, 0.15) is 0 Å². The molecule has 4 heteroatoms. The SMILES string of the molecule is CC(C)NC1(CO)CCCC(N(C)CC2CCCOC2)C1. The third kappa shape index (κ3) is 4.92. The summed E-state index contributed by atoms with van der Waals surface area (Å²) >= 11 is 0. The molecule has 124 valence electrons. The van der Waals surface area contributed by atoms with Crippen molar-refractivity contribution in [3.8, 4) is 0 Å². The van der Waals surface area contributed by atoms with Gasteiger partial charge in [0, 0.05) is 30.8 Å². The average Bonchev–Trinajstić information content (AvgIpc) is 2.48. The maximum Gasteiger partial charge on any atom is 0.0613 e. The fourth-order valence-corrected chi connectivity index (χ4v) is 4.15. The second-order valence-electron chi connectivity index (χ2n) is 7.51. The zero-order valence-corrected chi connectivity index (χ0v) is 14.1. The Morgan fingerprint density at radius 2 is 2.14 bits per heavy atom. The Bertz CT molecular complexity index is 305. The van der Waals surface area contributed by atoms with E-state index in [-0.39, 0.29) is 12.1 Å². The Morgan fingerprint density at radius 3 is 2.76 bits per heavy atom. The van der Waals surface area contributed by atoms with Gasteiger partial charge in [-0.25, -0.2) is 0 Å². The van der Waals surface area contributed by atoms with E-state index in [2.05, 4.69) is 31.1 Å². The molecule has 0 amide bonds. The maximum absolute atomic E-state index is 9.91. The largest absolute Gasteiger partial charge is 0.394 e. The lowest BCUT2D eigenvalue weighted by Crippen LogP contribution is -2.57. The van der Waals surface area contributed by atoms with Crippen LogP contribution < -0.4 is 5.32 Å². The summed E-state index contributed by atoms with van der Waals surface area (Å²) in [6, 6.07) is 1.01. The van der Waals surface area contributed by atoms with Crippen molar-refractivity contribution in [1.29, 1.82) is 0 Å². The van der Waals surface area contributed by atoms with Crippen LogP contribution in [-0.2, 0) is 4.74 Å². The summed E-state index contributed by atoms with van der Waals surface area (Å²) in [5.74, 6) is 0.687. The first-order valence-corrected chi connectivity index (χ1v) is 8.71. The highest BCUT2D eigenvalue weighted by molar-refractivity contribution is 4.97. The van der Waals surface area contributed by atoms with Crippen LogP contribution in [0.5, 0.6) is 0 Å². The van der Waals surface area contributed by atoms with E-state index in [4.69, 9.17) is 4.74 Å². The van der Waals surface area contributed by atoms with Crippen LogP contribution in [0.25, 0.3) is 0 Å². The van der Waals surface area contributed by atoms with Crippen molar-refractivity contribution in [3.05, 3.63) is 0 Å². The molecule has 1 heterocycles. The molecule has 1 aliphatic carbocycles. The fourth-order valence-electron chi connectivity index (χ4n) is 4.15. The molecule has 0 radical (unpaired) electrons. The van der Waals surface area contributed by atoms with Crippen molar-refractivity contribution < 1.29 is 9.84 Å². The van der Waals surface area contributed by atoms with Crippen molar-refractivity contribution in [2.24, 2.45) is 5.92 Å². The van der Waals surface area contributed by atoms with E-state index in [1.807, 2.05) is 0 Å². The van der Waals surface area contributed by atoms with E-state index in [1.54, 1.807) is 0 Å². The summed E-state index contributed by atoms with van der Waals surface area (Å²) in [5, 5.41) is 13.5. The number of aliphatic hydroxyl groups excluding tert-OH is 1. The van der Waals surface area contributed by atoms with Gasteiger partial charge in [0.2, 0.25) is 0 Å². The molecule has 0 bridgehead atoms. The van der Waals surface area contributed by atoms with Crippen LogP contribution in [0.1, 0.15) is 52.4 Å². The first kappa shape index (κ1) is 17.2. The Hall–Kier alpha value is -0.160. The molecular weight excluding hydrogens is 264 g/mol. The first-order valence-electron chi connectivity index (χ1n) is 8.71. The number of rotatable bonds is 6. The topological polar surface area (TPSA) is 44.7 Å². The molecule has 2 N–H and O–H groups in total. The molecule has 0 aromatic heterocycles. The summed E-state index contributed by atoms with van der Waals surface area (Å²) in [6.45, 7) is 7.59. The van der Waals surface area contributed by atoms with E-state index in [1.165, 1.54) is 25.7 Å². The molecule has 1 saturated heterocycles. The van der Waals surface area contributed by atoms with Gasteiger partial charge < -0.3 is 20.1 Å². The lowest BCUT2D eigenvalue weighted by molar-refractivity contribution is 0.0199. The van der Waals surface area contributed by atoms with Crippen LogP contribution >= 0.6 is 0 Å². The molecule has 1 aliphatic heterocycles. The third-order valence-corrected chi connectivity index (χ3v) is 5.14. The van der Waals surface area contributed by atoms with Gasteiger partial charge in [0.05, 0.1) is 13.2 Å². The minimum absolute atomic E-state index is 0.0750. The summed E-state index contributed by atoms with van der Waals surface area (Å²) < 4.78 is 5.61. The minimum Gasteiger partial charge on any atom is -0.394 e. The van der Waals surface area contributed by atoms with Crippen LogP contribution in [0.2, 0.25) is 0 Å². The molecule has 0 aromatic rings. The Kier molecular flexibility index (Phi) is 6.48. The Balaban J connectivity index is 1.89. The highest BCUT2D eigenvalue weighted by Gasteiger charge is 2.37. The predicted molar refractivity (Wildman–Crippen MR) is 86.5 cm³/mol. The summed E-state index contributed by atoms with van der Waals surface area (Å²) in [4.78, 5) is 2.52. The number of hydrogen-bond acceptors (Lipinski definition) is 4. The quantitative estimate of drug-likeness (QED) is 0.787. The molecule has 4 nitrogen and oxygen atoms in total. The van der Waals surface area contributed by atoms with Gasteiger partial charge in [-0.2, -0.15) is 0 Å². The van der Waals surface area contributed by atoms with Crippen molar-refractivity contribution in [2.45, 2.75) is 70.0 Å². The van der Waals surface area contributed by atoms with Crippen molar-refractivity contribution >= 4 is 0 Å². The van der Waals surface area contributed by atoms with Gasteiger partial charge in [-0.05, 0) is 51.5 Å². The molecule has 21 heavy (non-hydrogen) atoms. The lowest BCUT2D eigenvalue weighted by Gasteiger charge is -2.45. The molecule has 0 spiro atoms. The van der Waals surface area contributed by atoms with Gasteiger partial charge in [-0.15, -0.1) is 0 Å². The summed E-state index contributed by atoms with van der Waals surface area (Å²) in [5.41, 5.74) is -0.0750. The number of hydrogen-bond donors (Lipinski definition) is 2. The molecule has 1 saturated carbocycles. The highest BCUT2D eigenvalue weighted by atomic mass is 16.5. The van der Waals surface area contributed by atoms with E-state index in [0.717, 1.165) is 32.6 Å². The highest BCUT2D eigenvalue weighted by Crippen LogP contribution is 2.32. The first-order chi connectivity index (χ1) is 10.0. The van der Waals surface area contributed by atoms with E-state index >= 15 is 0 Å². The molecule has 2 fully saturated rings. The van der Waals surface area contributed by atoms with Gasteiger partial charge in [0.15, 0.2) is 0 Å². The third-order valence-electron chi connectivity index (χ3n) is 5.14. The zero-order chi connectivity index (χ0) is 15.3. The molecule has 2 rings (SSSR count). The van der Waals surface area contributed by atoms with Crippen LogP contribution in [0, 0.1) is 5.92 Å². The van der Waals surface area contributed by atoms with Crippen molar-refractivity contribution in [1.82, 2.24) is 10.2 Å². The van der Waals surface area contributed by atoms with Crippen molar-refractivity contribution in [3.63, 3.8) is 0 Å². The second kappa shape index (κ2) is 7.91. The zero-order valence-electron chi connectivity index (χ0n) is 14.1. The average molecular weight is 298 g/mol. The van der Waals surface area contributed by atoms with Crippen LogP contribution in [0.4, 0.5) is 0 Å². The Morgan fingerprint density at radius 1 is 1.33 bits per heavy atom. The molecule has 0 aromatic carbocycles. The monoisotopic (exact) mass is 298 g/mol. The minimum atomic E-state index is -0.0750. The number of aliphatic hydroxyl groups is 1. The number of ether oxygens (including phenoxy) is 1.